The van der Waals surface area contributed by atoms with Crippen molar-refractivity contribution in [1.29, 1.82) is 0 Å². The number of anilines is 1. The molecule has 0 unspecified atom stereocenters. The molecule has 0 N–H and O–H groups in total. The van der Waals surface area contributed by atoms with Crippen molar-refractivity contribution in [3.8, 4) is 11.4 Å². The number of nitrogens with zero attached hydrogens (tertiary/aromatic N) is 6. The van der Waals surface area contributed by atoms with Crippen LogP contribution in [-0.2, 0) is 17.8 Å². The Labute approximate surface area is 191 Å². The summed E-state index contributed by atoms with van der Waals surface area (Å²) in [6.07, 6.45) is 3.80. The summed E-state index contributed by atoms with van der Waals surface area (Å²) in [4.78, 5) is 13.5. The third-order valence-electron chi connectivity index (χ3n) is 5.75. The van der Waals surface area contributed by atoms with E-state index < -0.39 is 5.82 Å². The molecule has 2 atom stereocenters. The molecule has 1 aromatic carbocycles. The molecule has 0 bridgehead atoms. The molecular weight excluding hydrogens is 431 g/mol. The van der Waals surface area contributed by atoms with Crippen LogP contribution >= 0.6 is 11.6 Å². The summed E-state index contributed by atoms with van der Waals surface area (Å²) in [7, 11) is 0. The van der Waals surface area contributed by atoms with Crippen molar-refractivity contribution in [2.45, 2.75) is 39.1 Å². The Bertz CT molecular complexity index is 1170. The predicted octanol–water partition coefficient (Wildman–Crippen LogP) is 4.19. The molecule has 166 valence electrons. The fraction of sp³-hybridized carbons (Fsp3) is 0.348. The van der Waals surface area contributed by atoms with E-state index in [2.05, 4.69) is 41.5 Å². The van der Waals surface area contributed by atoms with Crippen molar-refractivity contribution in [2.75, 3.05) is 18.0 Å². The lowest BCUT2D eigenvalue weighted by Gasteiger charge is -2.35. The molecule has 0 amide bonds. The molecular formula is C23H24ClFN6O. The molecule has 5 rings (SSSR count). The molecule has 4 heterocycles. The first kappa shape index (κ1) is 21.1. The Morgan fingerprint density at radius 2 is 1.91 bits per heavy atom. The normalized spacial score (nSPS) is 20.9. The van der Waals surface area contributed by atoms with Crippen LogP contribution in [0.2, 0.25) is 5.02 Å². The highest BCUT2D eigenvalue weighted by molar-refractivity contribution is 6.30. The average molecular weight is 455 g/mol. The zero-order chi connectivity index (χ0) is 22.4. The van der Waals surface area contributed by atoms with Gasteiger partial charge in [0.15, 0.2) is 5.82 Å². The van der Waals surface area contributed by atoms with Crippen molar-refractivity contribution in [1.82, 2.24) is 24.6 Å². The molecule has 0 saturated carbocycles. The lowest BCUT2D eigenvalue weighted by molar-refractivity contribution is -0.0705. The molecule has 3 aromatic rings. The molecule has 0 radical (unpaired) electrons. The first-order valence-corrected chi connectivity index (χ1v) is 10.9. The summed E-state index contributed by atoms with van der Waals surface area (Å²) in [5, 5.41) is 4.44. The van der Waals surface area contributed by atoms with Gasteiger partial charge in [0.05, 0.1) is 29.3 Å². The maximum absolute atomic E-state index is 14.0. The number of morpholine rings is 1. The molecule has 0 aliphatic carbocycles. The third kappa shape index (κ3) is 3.90. The van der Waals surface area contributed by atoms with Gasteiger partial charge in [0.25, 0.3) is 0 Å². The molecule has 7 nitrogen and oxygen atoms in total. The van der Waals surface area contributed by atoms with Gasteiger partial charge in [-0.3, -0.25) is 4.90 Å². The zero-order valence-electron chi connectivity index (χ0n) is 18.0. The Morgan fingerprint density at radius 3 is 2.66 bits per heavy atom. The number of halogens is 2. The van der Waals surface area contributed by atoms with Crippen LogP contribution in [0.25, 0.3) is 17.2 Å². The minimum absolute atomic E-state index is 0.0969. The number of aromatic nitrogens is 4. The molecule has 2 aliphatic rings. The number of ether oxygens (including phenoxy) is 1. The van der Waals surface area contributed by atoms with Gasteiger partial charge in [-0.05, 0) is 43.2 Å². The monoisotopic (exact) mass is 454 g/mol. The van der Waals surface area contributed by atoms with E-state index in [0.29, 0.717) is 18.2 Å². The standard InChI is InChI=1S/C23H24ClFN6O/c1-14-9-29(10-15(2)32-14)11-18-6-19-22(26-8-18)30(16(3)31-23(19)27-13-28-31)12-17-4-5-20(24)21(25)7-17/h4-8,13-15H,3,9-12H2,1-2H3/t14-,15+. The number of hydrogen-bond donors (Lipinski definition) is 0. The first-order valence-electron chi connectivity index (χ1n) is 10.6. The maximum Gasteiger partial charge on any atom is 0.168 e. The van der Waals surface area contributed by atoms with E-state index in [-0.39, 0.29) is 17.2 Å². The molecule has 2 aromatic heterocycles. The van der Waals surface area contributed by atoms with Crippen molar-refractivity contribution >= 4 is 23.2 Å². The van der Waals surface area contributed by atoms with Gasteiger partial charge >= 0.3 is 0 Å². The fourth-order valence-electron chi connectivity index (χ4n) is 4.48. The lowest BCUT2D eigenvalue weighted by atomic mass is 10.1. The highest BCUT2D eigenvalue weighted by Gasteiger charge is 2.30. The summed E-state index contributed by atoms with van der Waals surface area (Å²) in [6.45, 7) is 11.3. The average Bonchev–Trinajstić information content (AvgIpc) is 3.23. The highest BCUT2D eigenvalue weighted by atomic mass is 35.5. The Hall–Kier alpha value is -2.81. The van der Waals surface area contributed by atoms with Crippen LogP contribution in [0.1, 0.15) is 25.0 Å². The van der Waals surface area contributed by atoms with Crippen molar-refractivity contribution in [3.63, 3.8) is 0 Å². The van der Waals surface area contributed by atoms with E-state index in [1.807, 2.05) is 11.1 Å². The second-order valence-electron chi connectivity index (χ2n) is 8.41. The largest absolute Gasteiger partial charge is 0.373 e. The van der Waals surface area contributed by atoms with E-state index in [9.17, 15) is 4.39 Å². The lowest BCUT2D eigenvalue weighted by Crippen LogP contribution is -2.44. The number of benzene rings is 1. The summed E-state index contributed by atoms with van der Waals surface area (Å²) < 4.78 is 21.6. The molecule has 1 fully saturated rings. The van der Waals surface area contributed by atoms with Crippen LogP contribution < -0.4 is 4.90 Å². The second kappa shape index (κ2) is 8.27. The van der Waals surface area contributed by atoms with Crippen LogP contribution in [0, 0.1) is 5.82 Å². The van der Waals surface area contributed by atoms with Crippen LogP contribution in [0.3, 0.4) is 0 Å². The molecule has 9 heteroatoms. The summed E-state index contributed by atoms with van der Waals surface area (Å²) >= 11 is 5.85. The van der Waals surface area contributed by atoms with Gasteiger partial charge in [0.1, 0.15) is 23.8 Å². The third-order valence-corrected chi connectivity index (χ3v) is 6.06. The number of rotatable bonds is 4. The number of pyridine rings is 1. The maximum atomic E-state index is 14.0. The minimum atomic E-state index is -0.453. The van der Waals surface area contributed by atoms with E-state index in [0.717, 1.165) is 42.1 Å². The van der Waals surface area contributed by atoms with Gasteiger partial charge < -0.3 is 9.64 Å². The van der Waals surface area contributed by atoms with Crippen molar-refractivity contribution in [2.24, 2.45) is 0 Å². The first-order chi connectivity index (χ1) is 15.4. The SMILES string of the molecule is C=C1N(Cc2ccc(Cl)c(F)c2)c2ncc(CN3C[C@@H](C)O[C@@H](C)C3)cc2-c2ncnn21. The molecule has 1 saturated heterocycles. The fourth-order valence-corrected chi connectivity index (χ4v) is 4.59. The summed E-state index contributed by atoms with van der Waals surface area (Å²) in [5.74, 6) is 1.57. The van der Waals surface area contributed by atoms with E-state index in [1.54, 1.807) is 16.8 Å². The topological polar surface area (TPSA) is 59.3 Å². The van der Waals surface area contributed by atoms with Crippen LogP contribution in [0.4, 0.5) is 10.2 Å². The van der Waals surface area contributed by atoms with Crippen molar-refractivity contribution in [3.05, 3.63) is 65.3 Å². The highest BCUT2D eigenvalue weighted by Crippen LogP contribution is 2.38. The predicted molar refractivity (Wildman–Crippen MR) is 121 cm³/mol. The summed E-state index contributed by atoms with van der Waals surface area (Å²) in [6, 6.07) is 6.89. The molecule has 2 aliphatic heterocycles. The van der Waals surface area contributed by atoms with Crippen LogP contribution in [0.15, 0.2) is 43.4 Å². The van der Waals surface area contributed by atoms with Gasteiger partial charge in [0.2, 0.25) is 0 Å². The van der Waals surface area contributed by atoms with Gasteiger partial charge in [-0.2, -0.15) is 9.78 Å². The smallest absolute Gasteiger partial charge is 0.168 e. The van der Waals surface area contributed by atoms with Gasteiger partial charge in [-0.1, -0.05) is 24.2 Å². The minimum Gasteiger partial charge on any atom is -0.373 e. The Kier molecular flexibility index (Phi) is 5.44. The second-order valence-corrected chi connectivity index (χ2v) is 8.82. The van der Waals surface area contributed by atoms with E-state index >= 15 is 0 Å². The Balaban J connectivity index is 1.48. The van der Waals surface area contributed by atoms with E-state index in [4.69, 9.17) is 21.3 Å². The van der Waals surface area contributed by atoms with Gasteiger partial charge in [-0.15, -0.1) is 0 Å². The van der Waals surface area contributed by atoms with Crippen LogP contribution in [0.5, 0.6) is 0 Å². The summed E-state index contributed by atoms with van der Waals surface area (Å²) in [5.41, 5.74) is 2.71. The molecule has 32 heavy (non-hydrogen) atoms. The molecule has 0 spiro atoms. The van der Waals surface area contributed by atoms with Crippen molar-refractivity contribution < 1.29 is 9.13 Å². The quantitative estimate of drug-likeness (QED) is 0.589. The Morgan fingerprint density at radius 1 is 1.12 bits per heavy atom. The zero-order valence-corrected chi connectivity index (χ0v) is 18.8. The van der Waals surface area contributed by atoms with E-state index in [1.165, 1.54) is 12.4 Å². The van der Waals surface area contributed by atoms with Gasteiger partial charge in [-0.25, -0.2) is 14.4 Å². The number of hydrogen-bond acceptors (Lipinski definition) is 6. The number of fused-ring (bicyclic) bond motifs is 3. The van der Waals surface area contributed by atoms with Gasteiger partial charge in [0, 0.05) is 25.8 Å². The van der Waals surface area contributed by atoms with Crippen LogP contribution in [-0.4, -0.2) is 49.9 Å².